The quantitative estimate of drug-likeness (QED) is 0.775. The van der Waals surface area contributed by atoms with Crippen molar-refractivity contribution in [1.29, 1.82) is 0 Å². The Balaban J connectivity index is 1.87. The van der Waals surface area contributed by atoms with E-state index in [0.717, 1.165) is 0 Å². The Morgan fingerprint density at radius 2 is 1.92 bits per heavy atom. The van der Waals surface area contributed by atoms with Gasteiger partial charge in [-0.1, -0.05) is 0 Å². The molecule has 142 valence electrons. The number of esters is 1. The van der Waals surface area contributed by atoms with E-state index in [-0.39, 0.29) is 43.0 Å². The molecule has 1 aromatic rings. The first-order chi connectivity index (χ1) is 12.4. The first-order valence-electron chi connectivity index (χ1n) is 8.55. The van der Waals surface area contributed by atoms with Crippen molar-refractivity contribution in [3.05, 3.63) is 29.8 Å². The van der Waals surface area contributed by atoms with Gasteiger partial charge < -0.3 is 25.0 Å². The molecule has 8 nitrogen and oxygen atoms in total. The molecular weight excluding hydrogens is 338 g/mol. The molecule has 0 aromatic heterocycles. The van der Waals surface area contributed by atoms with E-state index >= 15 is 0 Å². The molecular formula is C18H25N3O5. The van der Waals surface area contributed by atoms with Crippen molar-refractivity contribution >= 4 is 23.6 Å². The fraction of sp³-hybridized carbons (Fsp3) is 0.500. The number of hydrogen-bond acceptors (Lipinski definition) is 5. The molecule has 8 heteroatoms. The van der Waals surface area contributed by atoms with E-state index in [1.807, 2.05) is 13.8 Å². The number of carbonyl (C=O) groups is 3. The normalized spacial score (nSPS) is 19.6. The molecule has 0 spiro atoms. The summed E-state index contributed by atoms with van der Waals surface area (Å²) < 4.78 is 10.0. The van der Waals surface area contributed by atoms with E-state index in [1.54, 1.807) is 29.2 Å². The Morgan fingerprint density at radius 1 is 1.23 bits per heavy atom. The summed E-state index contributed by atoms with van der Waals surface area (Å²) in [5.41, 5.74) is 1.05. The molecule has 0 saturated carbocycles. The fourth-order valence-corrected chi connectivity index (χ4v) is 2.57. The number of hydrogen-bond donors (Lipinski definition) is 2. The minimum Gasteiger partial charge on any atom is -0.469 e. The lowest BCUT2D eigenvalue weighted by molar-refractivity contribution is -0.140. The van der Waals surface area contributed by atoms with Crippen LogP contribution in [0.5, 0.6) is 0 Å². The number of morpholine rings is 1. The summed E-state index contributed by atoms with van der Waals surface area (Å²) >= 11 is 0. The average Bonchev–Trinajstić information content (AvgIpc) is 2.63. The standard InChI is InChI=1S/C18H25N3O5/c1-12-11-26-13(2)10-21(12)18(24)20-15-6-4-14(5-7-15)17(23)19-9-8-16(22)25-3/h4-7,12-13H,8-11H2,1-3H3,(H,19,23)(H,20,24). The Labute approximate surface area is 152 Å². The van der Waals surface area contributed by atoms with Crippen LogP contribution in [0.2, 0.25) is 0 Å². The van der Waals surface area contributed by atoms with Gasteiger partial charge in [0.15, 0.2) is 0 Å². The fourth-order valence-electron chi connectivity index (χ4n) is 2.57. The molecule has 1 fully saturated rings. The zero-order valence-corrected chi connectivity index (χ0v) is 15.3. The molecule has 2 unspecified atom stereocenters. The van der Waals surface area contributed by atoms with Gasteiger partial charge >= 0.3 is 12.0 Å². The van der Waals surface area contributed by atoms with Crippen LogP contribution in [0.15, 0.2) is 24.3 Å². The van der Waals surface area contributed by atoms with Crippen molar-refractivity contribution in [2.45, 2.75) is 32.4 Å². The molecule has 1 aliphatic rings. The number of methoxy groups -OCH3 is 1. The predicted octanol–water partition coefficient (Wildman–Crippen LogP) is 1.62. The lowest BCUT2D eigenvalue weighted by atomic mass is 10.2. The summed E-state index contributed by atoms with van der Waals surface area (Å²) in [6, 6.07) is 6.39. The number of nitrogens with one attached hydrogen (secondary N) is 2. The van der Waals surface area contributed by atoms with Crippen LogP contribution in [0, 0.1) is 0 Å². The van der Waals surface area contributed by atoms with Gasteiger partial charge in [0.05, 0.1) is 32.3 Å². The molecule has 1 saturated heterocycles. The third-order valence-corrected chi connectivity index (χ3v) is 4.11. The van der Waals surface area contributed by atoms with Crippen LogP contribution < -0.4 is 10.6 Å². The number of nitrogens with zero attached hydrogens (tertiary/aromatic N) is 1. The highest BCUT2D eigenvalue weighted by Crippen LogP contribution is 2.15. The molecule has 1 aromatic carbocycles. The second-order valence-corrected chi connectivity index (χ2v) is 6.23. The molecule has 0 radical (unpaired) electrons. The Bertz CT molecular complexity index is 647. The Hall–Kier alpha value is -2.61. The van der Waals surface area contributed by atoms with Gasteiger partial charge in [-0.2, -0.15) is 0 Å². The van der Waals surface area contributed by atoms with E-state index in [9.17, 15) is 14.4 Å². The number of urea groups is 1. The van der Waals surface area contributed by atoms with Crippen molar-refractivity contribution in [3.63, 3.8) is 0 Å². The van der Waals surface area contributed by atoms with Gasteiger partial charge in [0, 0.05) is 24.3 Å². The summed E-state index contributed by atoms with van der Waals surface area (Å²) in [4.78, 5) is 37.2. The van der Waals surface area contributed by atoms with Crippen LogP contribution in [0.1, 0.15) is 30.6 Å². The maximum atomic E-state index is 12.4. The third kappa shape index (κ3) is 5.45. The van der Waals surface area contributed by atoms with Gasteiger partial charge in [-0.05, 0) is 38.1 Å². The van der Waals surface area contributed by atoms with Crippen molar-refractivity contribution in [2.75, 3.05) is 32.1 Å². The molecule has 2 N–H and O–H groups in total. The molecule has 2 atom stereocenters. The zero-order valence-electron chi connectivity index (χ0n) is 15.3. The summed E-state index contributed by atoms with van der Waals surface area (Å²) in [5.74, 6) is -0.669. The van der Waals surface area contributed by atoms with Gasteiger partial charge in [-0.15, -0.1) is 0 Å². The summed E-state index contributed by atoms with van der Waals surface area (Å²) in [5, 5.41) is 5.47. The molecule has 1 heterocycles. The number of benzene rings is 1. The molecule has 3 amide bonds. The van der Waals surface area contributed by atoms with Crippen LogP contribution in [0.3, 0.4) is 0 Å². The number of anilines is 1. The van der Waals surface area contributed by atoms with E-state index in [2.05, 4.69) is 15.4 Å². The maximum absolute atomic E-state index is 12.4. The molecule has 1 aliphatic heterocycles. The minimum absolute atomic E-state index is 0.00561. The molecule has 0 bridgehead atoms. The number of amides is 3. The number of carbonyl (C=O) groups excluding carboxylic acids is 3. The van der Waals surface area contributed by atoms with Crippen molar-refractivity contribution in [3.8, 4) is 0 Å². The molecule has 0 aliphatic carbocycles. The zero-order chi connectivity index (χ0) is 19.1. The third-order valence-electron chi connectivity index (χ3n) is 4.11. The van der Waals surface area contributed by atoms with Crippen LogP contribution in [-0.4, -0.2) is 61.8 Å². The monoisotopic (exact) mass is 363 g/mol. The van der Waals surface area contributed by atoms with Gasteiger partial charge in [0.2, 0.25) is 0 Å². The largest absolute Gasteiger partial charge is 0.469 e. The Morgan fingerprint density at radius 3 is 2.58 bits per heavy atom. The smallest absolute Gasteiger partial charge is 0.322 e. The summed E-state index contributed by atoms with van der Waals surface area (Å²) in [6.45, 7) is 5.12. The predicted molar refractivity (Wildman–Crippen MR) is 96.0 cm³/mol. The van der Waals surface area contributed by atoms with Crippen molar-refractivity contribution < 1.29 is 23.9 Å². The lowest BCUT2D eigenvalue weighted by Gasteiger charge is -2.36. The summed E-state index contributed by atoms with van der Waals surface area (Å²) in [6.07, 6.45) is 0.125. The maximum Gasteiger partial charge on any atom is 0.322 e. The van der Waals surface area contributed by atoms with E-state index in [4.69, 9.17) is 4.74 Å². The number of ether oxygens (including phenoxy) is 2. The second-order valence-electron chi connectivity index (χ2n) is 6.23. The van der Waals surface area contributed by atoms with Gasteiger partial charge in [0.25, 0.3) is 5.91 Å². The lowest BCUT2D eigenvalue weighted by Crippen LogP contribution is -2.51. The minimum atomic E-state index is -0.380. The second kappa shape index (κ2) is 9.19. The highest BCUT2D eigenvalue weighted by atomic mass is 16.5. The van der Waals surface area contributed by atoms with Crippen LogP contribution in [0.4, 0.5) is 10.5 Å². The van der Waals surface area contributed by atoms with E-state index in [0.29, 0.717) is 24.4 Å². The Kier molecular flexibility index (Phi) is 6.97. The topological polar surface area (TPSA) is 97.0 Å². The van der Waals surface area contributed by atoms with E-state index in [1.165, 1.54) is 7.11 Å². The van der Waals surface area contributed by atoms with Crippen LogP contribution in [-0.2, 0) is 14.3 Å². The average molecular weight is 363 g/mol. The van der Waals surface area contributed by atoms with Crippen molar-refractivity contribution in [2.24, 2.45) is 0 Å². The molecule has 2 rings (SSSR count). The SMILES string of the molecule is COC(=O)CCNC(=O)c1ccc(NC(=O)N2CC(C)OCC2C)cc1. The van der Waals surface area contributed by atoms with Crippen LogP contribution in [0.25, 0.3) is 0 Å². The highest BCUT2D eigenvalue weighted by Gasteiger charge is 2.27. The van der Waals surface area contributed by atoms with Gasteiger partial charge in [-0.25, -0.2) is 4.79 Å². The highest BCUT2D eigenvalue weighted by molar-refractivity contribution is 5.95. The first-order valence-corrected chi connectivity index (χ1v) is 8.55. The molecule has 26 heavy (non-hydrogen) atoms. The number of rotatable bonds is 5. The summed E-state index contributed by atoms with van der Waals surface area (Å²) in [7, 11) is 1.30. The van der Waals surface area contributed by atoms with Crippen molar-refractivity contribution in [1.82, 2.24) is 10.2 Å². The van der Waals surface area contributed by atoms with E-state index < -0.39 is 0 Å². The van der Waals surface area contributed by atoms with Gasteiger partial charge in [-0.3, -0.25) is 9.59 Å². The first kappa shape index (κ1) is 19.7. The van der Waals surface area contributed by atoms with Crippen LogP contribution >= 0.6 is 0 Å². The van der Waals surface area contributed by atoms with Gasteiger partial charge in [0.1, 0.15) is 0 Å².